The second-order valence-electron chi connectivity index (χ2n) is 8.80. The fraction of sp³-hybridized carbons (Fsp3) is 0.172. The molecule has 4 aromatic rings. The molecule has 1 amide bonds. The predicted octanol–water partition coefficient (Wildman–Crippen LogP) is 4.89. The largest absolute Gasteiger partial charge is 0.465 e. The van der Waals surface area contributed by atoms with Gasteiger partial charge in [-0.05, 0) is 72.9 Å². The van der Waals surface area contributed by atoms with E-state index in [-0.39, 0.29) is 24.6 Å². The van der Waals surface area contributed by atoms with E-state index in [2.05, 4.69) is 15.6 Å². The Kier molecular flexibility index (Phi) is 7.67. The Labute approximate surface area is 230 Å². The summed E-state index contributed by atoms with van der Waals surface area (Å²) in [5.74, 6) is 0.603. The summed E-state index contributed by atoms with van der Waals surface area (Å²) in [6.07, 6.45) is 1.74. The molecule has 0 unspecified atom stereocenters. The van der Waals surface area contributed by atoms with Crippen molar-refractivity contribution >= 4 is 40.6 Å². The van der Waals surface area contributed by atoms with Crippen LogP contribution in [-0.2, 0) is 14.3 Å². The number of furan rings is 1. The van der Waals surface area contributed by atoms with E-state index in [0.29, 0.717) is 27.9 Å². The zero-order chi connectivity index (χ0) is 27.4. The summed E-state index contributed by atoms with van der Waals surface area (Å²) in [6.45, 7) is -0.0287. The molecule has 0 bridgehead atoms. The number of benzene rings is 2. The Balaban J connectivity index is 1.50. The number of methoxy groups -OCH3 is 2. The number of hydrogen-bond acceptors (Lipinski definition) is 7. The molecule has 10 heteroatoms. The average Bonchev–Trinajstić information content (AvgIpc) is 3.58. The Hall–Kier alpha value is -4.54. The zero-order valence-corrected chi connectivity index (χ0v) is 22.1. The maximum absolute atomic E-state index is 12.0. The fourth-order valence-corrected chi connectivity index (χ4v) is 4.89. The number of pyridine rings is 1. The van der Waals surface area contributed by atoms with Crippen molar-refractivity contribution < 1.29 is 23.5 Å². The second-order valence-corrected chi connectivity index (χ2v) is 9.19. The highest BCUT2D eigenvalue weighted by atomic mass is 32.1. The van der Waals surface area contributed by atoms with Crippen molar-refractivity contribution in [1.82, 2.24) is 10.3 Å². The summed E-state index contributed by atoms with van der Waals surface area (Å²) in [7, 11) is 2.82. The van der Waals surface area contributed by atoms with Crippen LogP contribution in [-0.4, -0.2) is 42.8 Å². The Bertz CT molecular complexity index is 1490. The van der Waals surface area contributed by atoms with Crippen molar-refractivity contribution in [3.8, 4) is 11.3 Å². The number of nitrogens with zero attached hydrogens (tertiary/aromatic N) is 2. The number of carbonyl (C=O) groups is 2. The molecule has 9 nitrogen and oxygen atoms in total. The summed E-state index contributed by atoms with van der Waals surface area (Å²) < 4.78 is 16.1. The monoisotopic (exact) mass is 542 g/mol. The summed E-state index contributed by atoms with van der Waals surface area (Å²) in [5.41, 5.74) is 3.44. The van der Waals surface area contributed by atoms with Crippen LogP contribution in [0.3, 0.4) is 0 Å². The van der Waals surface area contributed by atoms with Gasteiger partial charge in [0.05, 0.1) is 24.4 Å². The summed E-state index contributed by atoms with van der Waals surface area (Å²) in [4.78, 5) is 30.5. The number of anilines is 2. The maximum Gasteiger partial charge on any atom is 0.337 e. The van der Waals surface area contributed by atoms with Gasteiger partial charge in [0.1, 0.15) is 24.2 Å². The van der Waals surface area contributed by atoms with Crippen LogP contribution < -0.4 is 15.5 Å². The van der Waals surface area contributed by atoms with Crippen LogP contribution in [0.5, 0.6) is 0 Å². The first kappa shape index (κ1) is 26.1. The Morgan fingerprint density at radius 2 is 1.87 bits per heavy atom. The zero-order valence-electron chi connectivity index (χ0n) is 21.3. The van der Waals surface area contributed by atoms with Crippen molar-refractivity contribution in [3.05, 3.63) is 102 Å². The molecule has 0 spiro atoms. The lowest BCUT2D eigenvalue weighted by Gasteiger charge is -2.26. The highest BCUT2D eigenvalue weighted by Gasteiger charge is 2.42. The average molecular weight is 543 g/mol. The quantitative estimate of drug-likeness (QED) is 0.238. The molecule has 2 atom stereocenters. The first-order valence-corrected chi connectivity index (χ1v) is 12.6. The molecule has 0 saturated carbocycles. The molecule has 1 aliphatic rings. The number of carbonyl (C=O) groups excluding carboxylic acids is 2. The lowest BCUT2D eigenvalue weighted by Crippen LogP contribution is -2.29. The minimum absolute atomic E-state index is 0.0287. The third-order valence-corrected chi connectivity index (χ3v) is 6.60. The van der Waals surface area contributed by atoms with Crippen molar-refractivity contribution in [1.29, 1.82) is 0 Å². The van der Waals surface area contributed by atoms with Gasteiger partial charge in [-0.25, -0.2) is 4.79 Å². The maximum atomic E-state index is 12.0. The third kappa shape index (κ3) is 5.52. The molecular weight excluding hydrogens is 516 g/mol. The first-order chi connectivity index (χ1) is 19.0. The van der Waals surface area contributed by atoms with Crippen LogP contribution in [0.4, 0.5) is 11.4 Å². The minimum Gasteiger partial charge on any atom is -0.465 e. The number of hydrogen-bond donors (Lipinski definition) is 2. The fourth-order valence-electron chi connectivity index (χ4n) is 4.54. The summed E-state index contributed by atoms with van der Waals surface area (Å²) in [5, 5.41) is 6.71. The van der Waals surface area contributed by atoms with Crippen LogP contribution in [0.25, 0.3) is 11.3 Å². The van der Waals surface area contributed by atoms with Crippen LogP contribution in [0, 0.1) is 0 Å². The van der Waals surface area contributed by atoms with E-state index in [1.165, 1.54) is 14.2 Å². The van der Waals surface area contributed by atoms with Gasteiger partial charge in [0.15, 0.2) is 5.11 Å². The van der Waals surface area contributed by atoms with Gasteiger partial charge in [-0.2, -0.15) is 0 Å². The Morgan fingerprint density at radius 1 is 1.05 bits per heavy atom. The number of aromatic nitrogens is 1. The lowest BCUT2D eigenvalue weighted by atomic mass is 10.0. The standard InChI is InChI=1S/C29H26N4O5S/c1-36-17-25(34)31-20-9-11-21(12-10-20)33-27(26(32-29(33)39)22-8-3-4-15-30-22)24-14-13-23(38-24)18-6-5-7-19(16-18)28(35)37-2/h3-16,26-27H,17H2,1-2H3,(H,31,34)(H,32,39)/t26-,27-/m1/s1. The number of thiocarbonyl (C=S) groups is 1. The topological polar surface area (TPSA) is 106 Å². The van der Waals surface area contributed by atoms with E-state index in [1.807, 2.05) is 65.6 Å². The number of ether oxygens (including phenoxy) is 2. The molecule has 1 fully saturated rings. The van der Waals surface area contributed by atoms with E-state index in [9.17, 15) is 9.59 Å². The number of esters is 1. The van der Waals surface area contributed by atoms with Gasteiger partial charge in [-0.15, -0.1) is 0 Å². The molecular formula is C29H26N4O5S. The van der Waals surface area contributed by atoms with Crippen molar-refractivity contribution in [2.45, 2.75) is 12.1 Å². The number of nitrogens with one attached hydrogen (secondary N) is 2. The summed E-state index contributed by atoms with van der Waals surface area (Å²) >= 11 is 5.78. The molecule has 3 heterocycles. The highest BCUT2D eigenvalue weighted by molar-refractivity contribution is 7.80. The van der Waals surface area contributed by atoms with Gasteiger partial charge >= 0.3 is 5.97 Å². The van der Waals surface area contributed by atoms with Crippen LogP contribution in [0.15, 0.2) is 89.5 Å². The SMILES string of the molecule is COCC(=O)Nc1ccc(N2C(=S)N[C@H](c3ccccn3)[C@H]2c2ccc(-c3cccc(C(=O)OC)c3)o2)cc1. The predicted molar refractivity (Wildman–Crippen MR) is 150 cm³/mol. The van der Waals surface area contributed by atoms with Gasteiger partial charge < -0.3 is 29.4 Å². The molecule has 2 aromatic carbocycles. The molecule has 1 aliphatic heterocycles. The van der Waals surface area contributed by atoms with Crippen LogP contribution in [0.2, 0.25) is 0 Å². The third-order valence-electron chi connectivity index (χ3n) is 6.29. The van der Waals surface area contributed by atoms with E-state index < -0.39 is 5.97 Å². The van der Waals surface area contributed by atoms with Crippen molar-refractivity contribution in [2.24, 2.45) is 0 Å². The van der Waals surface area contributed by atoms with E-state index in [4.69, 9.17) is 26.1 Å². The van der Waals surface area contributed by atoms with Gasteiger partial charge in [0.25, 0.3) is 0 Å². The molecule has 39 heavy (non-hydrogen) atoms. The molecule has 1 saturated heterocycles. The molecule has 0 aliphatic carbocycles. The Morgan fingerprint density at radius 3 is 2.59 bits per heavy atom. The van der Waals surface area contributed by atoms with E-state index in [1.54, 1.807) is 24.4 Å². The summed E-state index contributed by atoms with van der Waals surface area (Å²) in [6, 6.07) is 23.3. The number of rotatable bonds is 8. The van der Waals surface area contributed by atoms with Crippen LogP contribution in [0.1, 0.15) is 33.9 Å². The van der Waals surface area contributed by atoms with E-state index >= 15 is 0 Å². The van der Waals surface area contributed by atoms with Crippen molar-refractivity contribution in [3.63, 3.8) is 0 Å². The highest BCUT2D eigenvalue weighted by Crippen LogP contribution is 2.43. The molecule has 5 rings (SSSR count). The van der Waals surface area contributed by atoms with E-state index in [0.717, 1.165) is 16.9 Å². The lowest BCUT2D eigenvalue weighted by molar-refractivity contribution is -0.119. The van der Waals surface area contributed by atoms with Gasteiger partial charge in [-0.3, -0.25) is 9.78 Å². The molecule has 198 valence electrons. The normalized spacial score (nSPS) is 16.6. The van der Waals surface area contributed by atoms with Crippen LogP contribution >= 0.6 is 12.2 Å². The van der Waals surface area contributed by atoms with Crippen molar-refractivity contribution in [2.75, 3.05) is 31.0 Å². The molecule has 2 aromatic heterocycles. The smallest absolute Gasteiger partial charge is 0.337 e. The second kappa shape index (κ2) is 11.5. The van der Waals surface area contributed by atoms with Gasteiger partial charge in [0.2, 0.25) is 5.91 Å². The van der Waals surface area contributed by atoms with Gasteiger partial charge in [-0.1, -0.05) is 18.2 Å². The minimum atomic E-state index is -0.419. The first-order valence-electron chi connectivity index (χ1n) is 12.2. The molecule has 0 radical (unpaired) electrons. The molecule has 2 N–H and O–H groups in total. The number of amides is 1. The van der Waals surface area contributed by atoms with Gasteiger partial charge in [0, 0.05) is 30.2 Å².